The largest absolute Gasteiger partial charge is 0.391 e. The van der Waals surface area contributed by atoms with Gasteiger partial charge in [-0.1, -0.05) is 11.6 Å². The van der Waals surface area contributed by atoms with Gasteiger partial charge >= 0.3 is 0 Å². The Bertz CT molecular complexity index is 748. The van der Waals surface area contributed by atoms with E-state index in [1.54, 1.807) is 18.2 Å². The van der Waals surface area contributed by atoms with Crippen molar-refractivity contribution in [2.24, 2.45) is 0 Å². The summed E-state index contributed by atoms with van der Waals surface area (Å²) in [6.07, 6.45) is 0. The van der Waals surface area contributed by atoms with Crippen LogP contribution in [0.2, 0.25) is 5.02 Å². The van der Waals surface area contributed by atoms with Gasteiger partial charge in [0, 0.05) is 8.45 Å². The molecule has 9 heteroatoms. The topological polar surface area (TPSA) is 66.4 Å². The molecule has 1 aromatic carbocycles. The molecule has 108 valence electrons. The minimum absolute atomic E-state index is 0.0844. The lowest BCUT2D eigenvalue weighted by Gasteiger charge is -2.09. The van der Waals surface area contributed by atoms with E-state index in [-0.39, 0.29) is 11.5 Å². The normalized spacial score (nSPS) is 11.6. The molecule has 0 spiro atoms. The maximum Gasteiger partial charge on any atom is 0.263 e. The zero-order valence-corrected chi connectivity index (χ0v) is 15.9. The van der Waals surface area contributed by atoms with Crippen LogP contribution in [0.25, 0.3) is 0 Å². The van der Waals surface area contributed by atoms with Crippen LogP contribution in [-0.4, -0.2) is 13.5 Å². The Balaban J connectivity index is 2.38. The van der Waals surface area contributed by atoms with Crippen LogP contribution in [0, 0.1) is 3.57 Å². The molecule has 2 N–H and O–H groups in total. The Kier molecular flexibility index (Phi) is 5.35. The number of anilines is 1. The fraction of sp³-hybridized carbons (Fsp3) is 0.0909. The summed E-state index contributed by atoms with van der Waals surface area (Å²) < 4.78 is 28.4. The van der Waals surface area contributed by atoms with Crippen molar-refractivity contribution in [3.8, 4) is 0 Å². The summed E-state index contributed by atoms with van der Waals surface area (Å²) in [4.78, 5) is 0.645. The summed E-state index contributed by atoms with van der Waals surface area (Å²) in [6.45, 7) is -0.205. The van der Waals surface area contributed by atoms with E-state index in [1.807, 2.05) is 0 Å². The maximum atomic E-state index is 12.3. The molecule has 0 unspecified atom stereocenters. The van der Waals surface area contributed by atoms with Gasteiger partial charge in [0.25, 0.3) is 10.0 Å². The van der Waals surface area contributed by atoms with Crippen molar-refractivity contribution in [1.29, 1.82) is 0 Å². The minimum atomic E-state index is -3.75. The Morgan fingerprint density at radius 1 is 1.40 bits per heavy atom. The van der Waals surface area contributed by atoms with Gasteiger partial charge < -0.3 is 5.11 Å². The van der Waals surface area contributed by atoms with Gasteiger partial charge in [0.1, 0.15) is 4.90 Å². The van der Waals surface area contributed by atoms with E-state index in [1.165, 1.54) is 17.4 Å². The van der Waals surface area contributed by atoms with Crippen LogP contribution in [0.15, 0.2) is 32.9 Å². The van der Waals surface area contributed by atoms with Gasteiger partial charge in [-0.2, -0.15) is 0 Å². The summed E-state index contributed by atoms with van der Waals surface area (Å²) in [5.41, 5.74) is 0.315. The molecular weight excluding hydrogens is 501 g/mol. The van der Waals surface area contributed by atoms with E-state index in [4.69, 9.17) is 16.7 Å². The molecule has 0 amide bonds. The molecule has 0 atom stereocenters. The number of sulfonamides is 1. The molecule has 0 bridgehead atoms. The second-order valence-electron chi connectivity index (χ2n) is 3.74. The lowest BCUT2D eigenvalue weighted by Crippen LogP contribution is -2.13. The molecule has 0 aliphatic carbocycles. The minimum Gasteiger partial charge on any atom is -0.391 e. The molecule has 20 heavy (non-hydrogen) atoms. The number of thiophene rings is 1. The number of aliphatic hydroxyl groups is 1. The number of nitrogens with one attached hydrogen (secondary N) is 1. The van der Waals surface area contributed by atoms with Gasteiger partial charge in [0.2, 0.25) is 0 Å². The average molecular weight is 509 g/mol. The molecule has 0 saturated heterocycles. The number of hydrogen-bond donors (Lipinski definition) is 2. The second kappa shape index (κ2) is 6.49. The molecule has 1 aromatic heterocycles. The Labute approximate surface area is 147 Å². The average Bonchev–Trinajstić information content (AvgIpc) is 2.75. The van der Waals surface area contributed by atoms with Crippen molar-refractivity contribution in [3.63, 3.8) is 0 Å². The molecule has 1 heterocycles. The van der Waals surface area contributed by atoms with Crippen LogP contribution < -0.4 is 4.72 Å². The van der Waals surface area contributed by atoms with Gasteiger partial charge in [-0.25, -0.2) is 8.42 Å². The molecule has 4 nitrogen and oxygen atoms in total. The zero-order chi connectivity index (χ0) is 14.9. The monoisotopic (exact) mass is 507 g/mol. The molecule has 2 rings (SSSR count). The first-order valence-electron chi connectivity index (χ1n) is 5.20. The van der Waals surface area contributed by atoms with Gasteiger partial charge in [-0.3, -0.25) is 4.72 Å². The van der Waals surface area contributed by atoms with Gasteiger partial charge in [-0.15, -0.1) is 11.3 Å². The predicted molar refractivity (Wildman–Crippen MR) is 92.9 cm³/mol. The molecule has 0 aliphatic heterocycles. The highest BCUT2D eigenvalue weighted by atomic mass is 127. The number of rotatable bonds is 4. The summed E-state index contributed by atoms with van der Waals surface area (Å²) in [6, 6.07) is 6.46. The SMILES string of the molecule is O=S(=O)(Nc1ccc(I)cc1Cl)c1cc(CO)sc1Br. The molecule has 0 fully saturated rings. The van der Waals surface area contributed by atoms with Crippen LogP contribution in [0.1, 0.15) is 4.88 Å². The van der Waals surface area contributed by atoms with E-state index in [0.717, 1.165) is 3.57 Å². The highest BCUT2D eigenvalue weighted by Gasteiger charge is 2.21. The smallest absolute Gasteiger partial charge is 0.263 e. The predicted octanol–water partition coefficient (Wildman–Crippen LogP) is 4.06. The third-order valence-corrected chi connectivity index (χ3v) is 6.91. The second-order valence-corrected chi connectivity index (χ2v) is 9.50. The van der Waals surface area contributed by atoms with Crippen molar-refractivity contribution in [2.45, 2.75) is 11.5 Å². The van der Waals surface area contributed by atoms with Crippen LogP contribution in [0.4, 0.5) is 5.69 Å². The molecule has 0 saturated carbocycles. The van der Waals surface area contributed by atoms with Crippen LogP contribution in [-0.2, 0) is 16.6 Å². The van der Waals surface area contributed by atoms with Gasteiger partial charge in [0.15, 0.2) is 0 Å². The van der Waals surface area contributed by atoms with Crippen molar-refractivity contribution >= 4 is 77.2 Å². The summed E-state index contributed by atoms with van der Waals surface area (Å²) in [5, 5.41) is 9.39. The lowest BCUT2D eigenvalue weighted by atomic mass is 10.3. The molecular formula is C11H8BrClINO3S2. The molecule has 0 aliphatic rings. The summed E-state index contributed by atoms with van der Waals surface area (Å²) in [5.74, 6) is 0. The van der Waals surface area contributed by atoms with E-state index in [0.29, 0.717) is 19.4 Å². The van der Waals surface area contributed by atoms with Gasteiger partial charge in [-0.05, 0) is 62.8 Å². The third-order valence-electron chi connectivity index (χ3n) is 2.33. The Morgan fingerprint density at radius 2 is 2.10 bits per heavy atom. The maximum absolute atomic E-state index is 12.3. The first kappa shape index (κ1) is 16.5. The lowest BCUT2D eigenvalue weighted by molar-refractivity contribution is 0.285. The summed E-state index contributed by atoms with van der Waals surface area (Å²) in [7, 11) is -3.75. The van der Waals surface area contributed by atoms with E-state index < -0.39 is 10.0 Å². The Morgan fingerprint density at radius 3 is 2.65 bits per heavy atom. The molecule has 0 radical (unpaired) electrons. The molecule has 2 aromatic rings. The fourth-order valence-electron chi connectivity index (χ4n) is 1.43. The fourth-order valence-corrected chi connectivity index (χ4v) is 6.01. The first-order valence-corrected chi connectivity index (χ1v) is 9.75. The highest BCUT2D eigenvalue weighted by molar-refractivity contribution is 14.1. The van der Waals surface area contributed by atoms with Crippen molar-refractivity contribution in [1.82, 2.24) is 0 Å². The summed E-state index contributed by atoms with van der Waals surface area (Å²) >= 11 is 12.5. The van der Waals surface area contributed by atoms with Crippen molar-refractivity contribution < 1.29 is 13.5 Å². The number of halogens is 3. The third kappa shape index (κ3) is 3.66. The van der Waals surface area contributed by atoms with Crippen LogP contribution in [0.3, 0.4) is 0 Å². The Hall–Kier alpha value is 0.130. The van der Waals surface area contributed by atoms with Crippen molar-refractivity contribution in [2.75, 3.05) is 4.72 Å². The van der Waals surface area contributed by atoms with E-state index >= 15 is 0 Å². The van der Waals surface area contributed by atoms with Crippen molar-refractivity contribution in [3.05, 3.63) is 41.5 Å². The standard InChI is InChI=1S/C11H8BrClINO3S2/c12-11-10(4-7(5-16)19-11)20(17,18)15-9-2-1-6(14)3-8(9)13/h1-4,15-16H,5H2. The number of hydrogen-bond acceptors (Lipinski definition) is 4. The first-order chi connectivity index (χ1) is 9.33. The number of aliphatic hydroxyl groups excluding tert-OH is 1. The van der Waals surface area contributed by atoms with E-state index in [9.17, 15) is 8.42 Å². The van der Waals surface area contributed by atoms with Crippen LogP contribution in [0.5, 0.6) is 0 Å². The van der Waals surface area contributed by atoms with Crippen LogP contribution >= 0.6 is 61.5 Å². The number of benzene rings is 1. The van der Waals surface area contributed by atoms with Gasteiger partial charge in [0.05, 0.1) is 21.1 Å². The highest BCUT2D eigenvalue weighted by Crippen LogP contribution is 2.34. The quantitative estimate of drug-likeness (QED) is 0.613. The van der Waals surface area contributed by atoms with E-state index in [2.05, 4.69) is 43.2 Å². The zero-order valence-electron chi connectivity index (χ0n) is 9.73.